The van der Waals surface area contributed by atoms with Crippen molar-refractivity contribution in [1.29, 1.82) is 0 Å². The van der Waals surface area contributed by atoms with Crippen molar-refractivity contribution in [3.63, 3.8) is 0 Å². The van der Waals surface area contributed by atoms with Gasteiger partial charge in [0.15, 0.2) is 0 Å². The number of aromatic hydroxyl groups is 1. The molecule has 0 spiro atoms. The van der Waals surface area contributed by atoms with Gasteiger partial charge >= 0.3 is 0 Å². The molecule has 2 aromatic carbocycles. The van der Waals surface area contributed by atoms with Crippen LogP contribution in [0.2, 0.25) is 0 Å². The SMILES string of the molecule is CCOc1ccc(CC(=O)N[C@@H]2CCCN(Cc3cccc(O)c3)C2)cc1. The number of nitrogens with zero attached hydrogens (tertiary/aromatic N) is 1. The molecular weight excluding hydrogens is 340 g/mol. The summed E-state index contributed by atoms with van der Waals surface area (Å²) in [5.41, 5.74) is 2.08. The molecule has 1 aliphatic heterocycles. The lowest BCUT2D eigenvalue weighted by molar-refractivity contribution is -0.121. The Morgan fingerprint density at radius 3 is 2.78 bits per heavy atom. The lowest BCUT2D eigenvalue weighted by Crippen LogP contribution is -2.47. The number of hydrogen-bond donors (Lipinski definition) is 2. The van der Waals surface area contributed by atoms with Crippen molar-refractivity contribution in [2.24, 2.45) is 0 Å². The van der Waals surface area contributed by atoms with Crippen LogP contribution in [0, 0.1) is 0 Å². The maximum absolute atomic E-state index is 12.4. The summed E-state index contributed by atoms with van der Waals surface area (Å²) in [7, 11) is 0. The highest BCUT2D eigenvalue weighted by Gasteiger charge is 2.21. The first-order chi connectivity index (χ1) is 13.1. The number of amides is 1. The fourth-order valence-electron chi connectivity index (χ4n) is 3.56. The normalized spacial score (nSPS) is 17.4. The average Bonchev–Trinajstić information content (AvgIpc) is 2.64. The molecule has 1 heterocycles. The number of hydrogen-bond acceptors (Lipinski definition) is 4. The molecule has 0 radical (unpaired) electrons. The van der Waals surface area contributed by atoms with Gasteiger partial charge < -0.3 is 15.2 Å². The summed E-state index contributed by atoms with van der Waals surface area (Å²) in [4.78, 5) is 14.7. The maximum atomic E-state index is 12.4. The fourth-order valence-corrected chi connectivity index (χ4v) is 3.56. The van der Waals surface area contributed by atoms with E-state index in [1.54, 1.807) is 12.1 Å². The third-order valence-electron chi connectivity index (χ3n) is 4.79. The Bertz CT molecular complexity index is 745. The van der Waals surface area contributed by atoms with Crippen LogP contribution in [0.4, 0.5) is 0 Å². The molecule has 0 saturated carbocycles. The van der Waals surface area contributed by atoms with Crippen LogP contribution in [0.3, 0.4) is 0 Å². The van der Waals surface area contributed by atoms with Crippen molar-refractivity contribution in [1.82, 2.24) is 10.2 Å². The Kier molecular flexibility index (Phi) is 6.71. The molecule has 0 bridgehead atoms. The molecule has 3 rings (SSSR count). The van der Waals surface area contributed by atoms with Gasteiger partial charge in [0.1, 0.15) is 11.5 Å². The van der Waals surface area contributed by atoms with Crippen LogP contribution >= 0.6 is 0 Å². The number of likely N-dealkylation sites (tertiary alicyclic amines) is 1. The molecule has 144 valence electrons. The van der Waals surface area contributed by atoms with Gasteiger partial charge in [0.05, 0.1) is 13.0 Å². The number of nitrogens with one attached hydrogen (secondary N) is 1. The lowest BCUT2D eigenvalue weighted by atomic mass is 10.0. The van der Waals surface area contributed by atoms with Crippen LogP contribution in [0.1, 0.15) is 30.9 Å². The van der Waals surface area contributed by atoms with Crippen LogP contribution in [0.5, 0.6) is 11.5 Å². The summed E-state index contributed by atoms with van der Waals surface area (Å²) in [5, 5.41) is 12.8. The lowest BCUT2D eigenvalue weighted by Gasteiger charge is -2.33. The molecule has 1 fully saturated rings. The van der Waals surface area contributed by atoms with Gasteiger partial charge in [-0.2, -0.15) is 0 Å². The van der Waals surface area contributed by atoms with E-state index in [9.17, 15) is 9.90 Å². The zero-order valence-corrected chi connectivity index (χ0v) is 15.9. The molecular formula is C22H28N2O3. The number of piperidine rings is 1. The number of phenols is 1. The number of benzene rings is 2. The molecule has 1 amide bonds. The second-order valence-electron chi connectivity index (χ2n) is 7.07. The number of carbonyl (C=O) groups excluding carboxylic acids is 1. The van der Waals surface area contributed by atoms with E-state index in [1.165, 1.54) is 0 Å². The number of ether oxygens (including phenoxy) is 1. The Balaban J connectivity index is 1.48. The second-order valence-corrected chi connectivity index (χ2v) is 7.07. The van der Waals surface area contributed by atoms with Gasteiger partial charge in [-0.05, 0) is 61.7 Å². The van der Waals surface area contributed by atoms with E-state index in [4.69, 9.17) is 4.74 Å². The fraction of sp³-hybridized carbons (Fsp3) is 0.409. The highest BCUT2D eigenvalue weighted by atomic mass is 16.5. The Morgan fingerprint density at radius 1 is 1.22 bits per heavy atom. The van der Waals surface area contributed by atoms with Gasteiger partial charge in [0, 0.05) is 19.1 Å². The highest BCUT2D eigenvalue weighted by Crippen LogP contribution is 2.17. The minimum absolute atomic E-state index is 0.0587. The summed E-state index contributed by atoms with van der Waals surface area (Å²) in [6.07, 6.45) is 2.45. The van der Waals surface area contributed by atoms with Gasteiger partial charge in [0.2, 0.25) is 5.91 Å². The quantitative estimate of drug-likeness (QED) is 0.788. The van der Waals surface area contributed by atoms with E-state index in [-0.39, 0.29) is 11.9 Å². The van der Waals surface area contributed by atoms with Crippen LogP contribution in [-0.2, 0) is 17.8 Å². The van der Waals surface area contributed by atoms with Crippen molar-refractivity contribution in [2.45, 2.75) is 38.8 Å². The summed E-state index contributed by atoms with van der Waals surface area (Å²) >= 11 is 0. The highest BCUT2D eigenvalue weighted by molar-refractivity contribution is 5.78. The van der Waals surface area contributed by atoms with Crippen LogP contribution < -0.4 is 10.1 Å². The summed E-state index contributed by atoms with van der Waals surface area (Å²) in [5.74, 6) is 1.18. The molecule has 0 unspecified atom stereocenters. The molecule has 2 N–H and O–H groups in total. The smallest absolute Gasteiger partial charge is 0.224 e. The Morgan fingerprint density at radius 2 is 2.04 bits per heavy atom. The second kappa shape index (κ2) is 9.42. The van der Waals surface area contributed by atoms with E-state index in [1.807, 2.05) is 43.3 Å². The van der Waals surface area contributed by atoms with Gasteiger partial charge in [0.25, 0.3) is 0 Å². The van der Waals surface area contributed by atoms with Crippen LogP contribution in [0.25, 0.3) is 0 Å². The third-order valence-corrected chi connectivity index (χ3v) is 4.79. The molecule has 1 aliphatic rings. The summed E-state index contributed by atoms with van der Waals surface area (Å²) < 4.78 is 5.43. The average molecular weight is 368 g/mol. The van der Waals surface area contributed by atoms with Crippen molar-refractivity contribution in [2.75, 3.05) is 19.7 Å². The predicted octanol–water partition coefficient (Wildman–Crippen LogP) is 3.11. The monoisotopic (exact) mass is 368 g/mol. The van der Waals surface area contributed by atoms with Crippen molar-refractivity contribution >= 4 is 5.91 Å². The van der Waals surface area contributed by atoms with E-state index in [0.717, 1.165) is 49.4 Å². The number of phenolic OH excluding ortho intramolecular Hbond substituents is 1. The van der Waals surface area contributed by atoms with Crippen molar-refractivity contribution < 1.29 is 14.6 Å². The molecule has 5 heteroatoms. The minimum Gasteiger partial charge on any atom is -0.508 e. The van der Waals surface area contributed by atoms with Crippen LogP contribution in [-0.4, -0.2) is 41.7 Å². The van der Waals surface area contributed by atoms with E-state index >= 15 is 0 Å². The third kappa shape index (κ3) is 6.00. The van der Waals surface area contributed by atoms with E-state index in [0.29, 0.717) is 18.8 Å². The minimum atomic E-state index is 0.0587. The molecule has 2 aromatic rings. The first-order valence-corrected chi connectivity index (χ1v) is 9.63. The number of carbonyl (C=O) groups is 1. The van der Waals surface area contributed by atoms with Crippen molar-refractivity contribution in [3.05, 3.63) is 59.7 Å². The van der Waals surface area contributed by atoms with E-state index < -0.39 is 0 Å². The van der Waals surface area contributed by atoms with Crippen molar-refractivity contribution in [3.8, 4) is 11.5 Å². The maximum Gasteiger partial charge on any atom is 0.224 e. The summed E-state index contributed by atoms with van der Waals surface area (Å²) in [6.45, 7) is 5.24. The number of rotatable bonds is 7. The molecule has 0 aliphatic carbocycles. The first kappa shape index (κ1) is 19.2. The zero-order valence-electron chi connectivity index (χ0n) is 15.9. The Labute approximate surface area is 161 Å². The standard InChI is InChI=1S/C22H28N2O3/c1-2-27-21-10-8-17(9-11-21)14-22(26)23-19-6-4-12-24(16-19)15-18-5-3-7-20(25)13-18/h3,5,7-11,13,19,25H,2,4,6,12,14-16H2,1H3,(H,23,26)/t19-/m1/s1. The molecule has 27 heavy (non-hydrogen) atoms. The van der Waals surface area contributed by atoms with Gasteiger partial charge in [-0.3, -0.25) is 9.69 Å². The first-order valence-electron chi connectivity index (χ1n) is 9.63. The van der Waals surface area contributed by atoms with Crippen LogP contribution in [0.15, 0.2) is 48.5 Å². The largest absolute Gasteiger partial charge is 0.508 e. The van der Waals surface area contributed by atoms with Gasteiger partial charge in [-0.15, -0.1) is 0 Å². The van der Waals surface area contributed by atoms with Gasteiger partial charge in [-0.25, -0.2) is 0 Å². The predicted molar refractivity (Wildman–Crippen MR) is 106 cm³/mol. The summed E-state index contributed by atoms with van der Waals surface area (Å²) in [6, 6.07) is 15.2. The van der Waals surface area contributed by atoms with Gasteiger partial charge in [-0.1, -0.05) is 24.3 Å². The zero-order chi connectivity index (χ0) is 19.1. The molecule has 5 nitrogen and oxygen atoms in total. The Hall–Kier alpha value is -2.53. The topological polar surface area (TPSA) is 61.8 Å². The molecule has 0 aromatic heterocycles. The van der Waals surface area contributed by atoms with E-state index in [2.05, 4.69) is 10.2 Å². The molecule has 1 atom stereocenters. The molecule has 1 saturated heterocycles.